The van der Waals surface area contributed by atoms with E-state index in [9.17, 15) is 14.4 Å². The second-order valence-corrected chi connectivity index (χ2v) is 8.12. The van der Waals surface area contributed by atoms with E-state index in [4.69, 9.17) is 19.5 Å². The number of rotatable bonds is 5. The number of anilines is 1. The van der Waals surface area contributed by atoms with Crippen LogP contribution >= 0.6 is 0 Å². The quantitative estimate of drug-likeness (QED) is 0.644. The highest BCUT2D eigenvalue weighted by molar-refractivity contribution is 6.00. The lowest BCUT2D eigenvalue weighted by molar-refractivity contribution is -0.188. The van der Waals surface area contributed by atoms with Crippen molar-refractivity contribution in [1.82, 2.24) is 9.78 Å². The predicted octanol–water partition coefficient (Wildman–Crippen LogP) is 1.75. The molecule has 2 atom stereocenters. The SMILES string of the molecule is CC(=O)O[C@@H](C(=O)OC(C)(C)C)[C@H]1OCCN(c2ccn(-c3ccc(C#N)cc3)n2)C1=O. The van der Waals surface area contributed by atoms with Crippen molar-refractivity contribution in [1.29, 1.82) is 5.26 Å². The molecule has 1 aromatic heterocycles. The highest BCUT2D eigenvalue weighted by atomic mass is 16.6. The number of carbonyl (C=O) groups is 3. The standard InChI is InChI=1S/C22H24N4O6/c1-14(27)31-19(21(29)32-22(2,3)4)18-20(28)25(11-12-30-18)17-9-10-26(24-17)16-7-5-15(13-23)6-8-16/h5-10,18-19H,11-12H2,1-4H3/t18-,19-/m1/s1. The highest BCUT2D eigenvalue weighted by Crippen LogP contribution is 2.23. The van der Waals surface area contributed by atoms with Crippen molar-refractivity contribution in [3.05, 3.63) is 42.1 Å². The summed E-state index contributed by atoms with van der Waals surface area (Å²) in [5.41, 5.74) is 0.386. The molecule has 10 nitrogen and oxygen atoms in total. The minimum Gasteiger partial charge on any atom is -0.457 e. The maximum absolute atomic E-state index is 13.2. The van der Waals surface area contributed by atoms with Gasteiger partial charge in [0.2, 0.25) is 6.10 Å². The van der Waals surface area contributed by atoms with Crippen molar-refractivity contribution in [2.24, 2.45) is 0 Å². The zero-order valence-corrected chi connectivity index (χ0v) is 18.3. The van der Waals surface area contributed by atoms with Gasteiger partial charge in [-0.05, 0) is 45.0 Å². The van der Waals surface area contributed by atoms with Crippen LogP contribution in [0.5, 0.6) is 0 Å². The Kier molecular flexibility index (Phi) is 6.60. The molecule has 1 fully saturated rings. The molecular weight excluding hydrogens is 416 g/mol. The highest BCUT2D eigenvalue weighted by Gasteiger charge is 2.44. The Hall–Kier alpha value is -3.71. The number of amides is 1. The Bertz CT molecular complexity index is 1050. The first-order chi connectivity index (χ1) is 15.1. The zero-order valence-electron chi connectivity index (χ0n) is 18.3. The van der Waals surface area contributed by atoms with Crippen LogP contribution in [0.3, 0.4) is 0 Å². The summed E-state index contributed by atoms with van der Waals surface area (Å²) in [7, 11) is 0. The van der Waals surface area contributed by atoms with Gasteiger partial charge in [-0.2, -0.15) is 5.26 Å². The van der Waals surface area contributed by atoms with Gasteiger partial charge in [-0.3, -0.25) is 14.5 Å². The molecule has 1 saturated heterocycles. The fraction of sp³-hybridized carbons (Fsp3) is 0.409. The van der Waals surface area contributed by atoms with E-state index in [1.165, 1.54) is 4.90 Å². The average molecular weight is 440 g/mol. The van der Waals surface area contributed by atoms with Crippen LogP contribution in [-0.4, -0.2) is 58.6 Å². The molecule has 1 aliphatic rings. The van der Waals surface area contributed by atoms with E-state index in [0.29, 0.717) is 17.1 Å². The Morgan fingerprint density at radius 2 is 1.94 bits per heavy atom. The third-order valence-electron chi connectivity index (χ3n) is 4.44. The third kappa shape index (κ3) is 5.31. The minimum atomic E-state index is -1.54. The van der Waals surface area contributed by atoms with Crippen LogP contribution in [0.4, 0.5) is 5.82 Å². The predicted molar refractivity (Wildman–Crippen MR) is 112 cm³/mol. The smallest absolute Gasteiger partial charge is 0.351 e. The topological polar surface area (TPSA) is 124 Å². The molecule has 0 saturated carbocycles. The molecule has 0 bridgehead atoms. The second kappa shape index (κ2) is 9.20. The summed E-state index contributed by atoms with van der Waals surface area (Å²) in [6.07, 6.45) is -1.23. The first-order valence-electron chi connectivity index (χ1n) is 9.98. The lowest BCUT2D eigenvalue weighted by Gasteiger charge is -2.34. The summed E-state index contributed by atoms with van der Waals surface area (Å²) in [6.45, 7) is 6.47. The minimum absolute atomic E-state index is 0.112. The monoisotopic (exact) mass is 440 g/mol. The van der Waals surface area contributed by atoms with Gasteiger partial charge < -0.3 is 14.2 Å². The molecule has 0 unspecified atom stereocenters. The lowest BCUT2D eigenvalue weighted by atomic mass is 10.1. The van der Waals surface area contributed by atoms with Crippen LogP contribution in [0.25, 0.3) is 5.69 Å². The Morgan fingerprint density at radius 1 is 1.25 bits per heavy atom. The Labute approximate surface area is 185 Å². The maximum atomic E-state index is 13.2. The summed E-state index contributed by atoms with van der Waals surface area (Å²) < 4.78 is 17.5. The van der Waals surface area contributed by atoms with Crippen LogP contribution in [0, 0.1) is 11.3 Å². The van der Waals surface area contributed by atoms with Gasteiger partial charge in [-0.1, -0.05) is 0 Å². The van der Waals surface area contributed by atoms with E-state index in [2.05, 4.69) is 11.2 Å². The third-order valence-corrected chi connectivity index (χ3v) is 4.44. The first-order valence-corrected chi connectivity index (χ1v) is 9.98. The van der Waals surface area contributed by atoms with Crippen LogP contribution in [0.1, 0.15) is 33.3 Å². The number of nitriles is 1. The summed E-state index contributed by atoms with van der Waals surface area (Å²) in [4.78, 5) is 38.8. The Balaban J connectivity index is 1.83. The zero-order chi connectivity index (χ0) is 23.5. The first kappa shape index (κ1) is 23.0. The molecule has 0 radical (unpaired) electrons. The molecule has 0 N–H and O–H groups in total. The molecule has 1 amide bonds. The Morgan fingerprint density at radius 3 is 2.53 bits per heavy atom. The summed E-state index contributed by atoms with van der Waals surface area (Å²) in [5, 5.41) is 13.4. The van der Waals surface area contributed by atoms with Crippen LogP contribution < -0.4 is 4.90 Å². The van der Waals surface area contributed by atoms with E-state index in [0.717, 1.165) is 6.92 Å². The molecule has 0 aliphatic carbocycles. The molecule has 32 heavy (non-hydrogen) atoms. The molecular formula is C22H24N4O6. The number of nitrogens with zero attached hydrogens (tertiary/aromatic N) is 4. The molecule has 1 aromatic carbocycles. The van der Waals surface area contributed by atoms with Gasteiger partial charge in [-0.15, -0.1) is 5.10 Å². The fourth-order valence-electron chi connectivity index (χ4n) is 3.11. The summed E-state index contributed by atoms with van der Waals surface area (Å²) >= 11 is 0. The molecule has 2 heterocycles. The largest absolute Gasteiger partial charge is 0.457 e. The van der Waals surface area contributed by atoms with Crippen molar-refractivity contribution in [2.75, 3.05) is 18.1 Å². The van der Waals surface area contributed by atoms with Gasteiger partial charge >= 0.3 is 11.9 Å². The number of ether oxygens (including phenoxy) is 3. The van der Waals surface area contributed by atoms with Gasteiger partial charge in [0.1, 0.15) is 5.60 Å². The average Bonchev–Trinajstić information content (AvgIpc) is 3.21. The normalized spacial score (nSPS) is 17.4. The van der Waals surface area contributed by atoms with Crippen molar-refractivity contribution >= 4 is 23.7 Å². The van der Waals surface area contributed by atoms with Gasteiger partial charge in [0.25, 0.3) is 5.91 Å². The van der Waals surface area contributed by atoms with E-state index in [1.807, 2.05) is 0 Å². The van der Waals surface area contributed by atoms with E-state index in [1.54, 1.807) is 62.0 Å². The van der Waals surface area contributed by atoms with Crippen LogP contribution in [0.15, 0.2) is 36.5 Å². The molecule has 3 rings (SSSR count). The second-order valence-electron chi connectivity index (χ2n) is 8.12. The van der Waals surface area contributed by atoms with E-state index in [-0.39, 0.29) is 13.2 Å². The summed E-state index contributed by atoms with van der Waals surface area (Å²) in [6, 6.07) is 10.5. The lowest BCUT2D eigenvalue weighted by Crippen LogP contribution is -2.56. The van der Waals surface area contributed by atoms with E-state index < -0.39 is 35.7 Å². The number of hydrogen-bond acceptors (Lipinski definition) is 8. The number of esters is 2. The van der Waals surface area contributed by atoms with Crippen LogP contribution in [-0.2, 0) is 28.6 Å². The van der Waals surface area contributed by atoms with Gasteiger partial charge in [0.15, 0.2) is 11.9 Å². The van der Waals surface area contributed by atoms with Gasteiger partial charge in [0.05, 0.1) is 30.5 Å². The number of hydrogen-bond donors (Lipinski definition) is 0. The molecule has 168 valence electrons. The number of aromatic nitrogens is 2. The number of morpholine rings is 1. The van der Waals surface area contributed by atoms with Gasteiger partial charge in [0, 0.05) is 19.2 Å². The number of benzene rings is 1. The fourth-order valence-corrected chi connectivity index (χ4v) is 3.11. The summed E-state index contributed by atoms with van der Waals surface area (Å²) in [5.74, 6) is -1.83. The molecule has 2 aromatic rings. The molecule has 0 spiro atoms. The van der Waals surface area contributed by atoms with Gasteiger partial charge in [-0.25, -0.2) is 9.48 Å². The molecule has 1 aliphatic heterocycles. The van der Waals surface area contributed by atoms with Crippen molar-refractivity contribution in [3.63, 3.8) is 0 Å². The van der Waals surface area contributed by atoms with E-state index >= 15 is 0 Å². The van der Waals surface area contributed by atoms with Crippen molar-refractivity contribution in [3.8, 4) is 11.8 Å². The maximum Gasteiger partial charge on any atom is 0.351 e. The van der Waals surface area contributed by atoms with Crippen LogP contribution in [0.2, 0.25) is 0 Å². The van der Waals surface area contributed by atoms with Crippen molar-refractivity contribution < 1.29 is 28.6 Å². The molecule has 10 heteroatoms. The van der Waals surface area contributed by atoms with Crippen molar-refractivity contribution in [2.45, 2.75) is 45.5 Å². The number of carbonyl (C=O) groups excluding carboxylic acids is 3.